The number of aryl methyl sites for hydroxylation is 2. The van der Waals surface area contributed by atoms with Gasteiger partial charge >= 0.3 is 5.76 Å². The van der Waals surface area contributed by atoms with Crippen LogP contribution in [0.25, 0.3) is 0 Å². The second kappa shape index (κ2) is 9.89. The first kappa shape index (κ1) is 28.0. The summed E-state index contributed by atoms with van der Waals surface area (Å²) in [4.78, 5) is 57.6. The van der Waals surface area contributed by atoms with Crippen molar-refractivity contribution in [2.45, 2.75) is 62.2 Å². The van der Waals surface area contributed by atoms with Crippen LogP contribution in [0.15, 0.2) is 45.7 Å². The van der Waals surface area contributed by atoms with Gasteiger partial charge in [0.15, 0.2) is 5.82 Å². The first-order valence-electron chi connectivity index (χ1n) is 14.9. The van der Waals surface area contributed by atoms with Gasteiger partial charge in [-0.1, -0.05) is 12.1 Å². The number of carbonyl (C=O) groups is 3. The summed E-state index contributed by atoms with van der Waals surface area (Å²) in [6, 6.07) is 13.1. The molecule has 3 N–H and O–H groups in total. The molecule has 0 radical (unpaired) electrons. The lowest BCUT2D eigenvalue weighted by Crippen LogP contribution is -2.50. The lowest BCUT2D eigenvalue weighted by molar-refractivity contribution is -0.132. The molecular formula is C32H33N7O5. The van der Waals surface area contributed by atoms with Crippen LogP contribution in [0.5, 0.6) is 0 Å². The average molecular weight is 596 g/mol. The van der Waals surface area contributed by atoms with E-state index in [9.17, 15) is 24.4 Å². The number of benzene rings is 2. The number of fused-ring (bicyclic) bond motifs is 7. The van der Waals surface area contributed by atoms with Crippen LogP contribution in [0, 0.1) is 17.2 Å². The van der Waals surface area contributed by atoms with Crippen molar-refractivity contribution >= 4 is 17.7 Å². The number of nitriles is 1. The number of nitrogens with one attached hydrogen (secondary N) is 3. The van der Waals surface area contributed by atoms with Gasteiger partial charge in [-0.05, 0) is 85.0 Å². The molecule has 1 unspecified atom stereocenters. The van der Waals surface area contributed by atoms with E-state index < -0.39 is 22.9 Å². The van der Waals surface area contributed by atoms with Crippen molar-refractivity contribution in [3.8, 4) is 6.07 Å². The standard InChI is InChI=1S/C32H33N7O5/c1-31(36-15-26(40)38-22(14-33)12-21-13-25(21)38)16-32(29-37-30(43)44-39(29)31)23-8-6-19(27(41)34-2)10-17(23)4-5-18-11-20(28(42)35-3)7-9-24(18)32/h6-11,21-22,25,36H,4-5,12-13,15-16H2,1-3H3,(H,34,41)(H,35,42)/t21-,22?,25+,31+/m1/s1. The van der Waals surface area contributed by atoms with Crippen molar-refractivity contribution in [3.05, 3.63) is 86.2 Å². The van der Waals surface area contributed by atoms with Gasteiger partial charge < -0.3 is 20.1 Å². The van der Waals surface area contributed by atoms with Crippen molar-refractivity contribution in [1.82, 2.24) is 30.6 Å². The van der Waals surface area contributed by atoms with E-state index in [1.54, 1.807) is 31.1 Å². The first-order valence-corrected chi connectivity index (χ1v) is 14.9. The van der Waals surface area contributed by atoms with Gasteiger partial charge in [-0.15, -0.1) is 0 Å². The van der Waals surface area contributed by atoms with Crippen LogP contribution in [0.2, 0.25) is 0 Å². The number of hydrogen-bond acceptors (Lipinski definition) is 8. The summed E-state index contributed by atoms with van der Waals surface area (Å²) in [6.45, 7) is 1.82. The molecule has 12 heteroatoms. The molecule has 7 rings (SSSR count). The van der Waals surface area contributed by atoms with Crippen molar-refractivity contribution in [1.29, 1.82) is 5.26 Å². The topological polar surface area (TPSA) is 162 Å². The molecule has 1 aromatic heterocycles. The third-order valence-corrected chi connectivity index (χ3v) is 9.93. The molecule has 2 aromatic carbocycles. The fraction of sp³-hybridized carbons (Fsp3) is 0.438. The Balaban J connectivity index is 1.35. The number of amides is 3. The van der Waals surface area contributed by atoms with Crippen LogP contribution in [-0.4, -0.2) is 65.1 Å². The number of likely N-dealkylation sites (tertiary alicyclic amines) is 1. The Morgan fingerprint density at radius 2 is 1.64 bits per heavy atom. The highest BCUT2D eigenvalue weighted by Gasteiger charge is 2.58. The summed E-state index contributed by atoms with van der Waals surface area (Å²) in [5.74, 6) is -0.579. The maximum Gasteiger partial charge on any atom is 0.460 e. The van der Waals surface area contributed by atoms with Gasteiger partial charge in [-0.3, -0.25) is 19.7 Å². The minimum Gasteiger partial charge on any atom is -0.355 e. The number of hydrogen-bond donors (Lipinski definition) is 3. The van der Waals surface area contributed by atoms with Gasteiger partial charge in [0, 0.05) is 37.7 Å². The Labute approximate surface area is 253 Å². The molecule has 2 aliphatic carbocycles. The molecule has 12 nitrogen and oxygen atoms in total. The summed E-state index contributed by atoms with van der Waals surface area (Å²) in [7, 11) is 3.17. The largest absolute Gasteiger partial charge is 0.460 e. The van der Waals surface area contributed by atoms with E-state index in [4.69, 9.17) is 4.52 Å². The first-order chi connectivity index (χ1) is 21.1. The zero-order valence-corrected chi connectivity index (χ0v) is 24.8. The monoisotopic (exact) mass is 595 g/mol. The van der Waals surface area contributed by atoms with Crippen molar-refractivity contribution in [3.63, 3.8) is 0 Å². The van der Waals surface area contributed by atoms with Gasteiger partial charge in [0.2, 0.25) is 5.91 Å². The molecule has 1 saturated heterocycles. The molecule has 2 aliphatic heterocycles. The molecule has 1 spiro atoms. The lowest BCUT2D eigenvalue weighted by Gasteiger charge is -2.34. The summed E-state index contributed by atoms with van der Waals surface area (Å²) < 4.78 is 7.19. The van der Waals surface area contributed by atoms with E-state index in [0.717, 1.165) is 28.7 Å². The molecule has 1 saturated carbocycles. The Morgan fingerprint density at radius 1 is 1.02 bits per heavy atom. The van der Waals surface area contributed by atoms with Gasteiger partial charge in [0.05, 0.1) is 18.0 Å². The van der Waals surface area contributed by atoms with Gasteiger partial charge in [0.25, 0.3) is 11.8 Å². The molecule has 0 bridgehead atoms. The van der Waals surface area contributed by atoms with Crippen LogP contribution in [-0.2, 0) is 28.7 Å². The number of carbonyl (C=O) groups excluding carboxylic acids is 3. The van der Waals surface area contributed by atoms with Crippen LogP contribution >= 0.6 is 0 Å². The van der Waals surface area contributed by atoms with E-state index in [1.165, 1.54) is 4.74 Å². The SMILES string of the molecule is CNC(=O)c1ccc2c(c1)CCc1cc(C(=O)NC)ccc1C21C[C@@](C)(NCC(=O)N2C(C#N)C[C@@H]3C[C@@H]32)n2oc(=O)nc21. The highest BCUT2D eigenvalue weighted by atomic mass is 16.5. The second-order valence-electron chi connectivity index (χ2n) is 12.4. The fourth-order valence-corrected chi connectivity index (χ4v) is 7.82. The summed E-state index contributed by atoms with van der Waals surface area (Å²) in [5.41, 5.74) is 2.56. The molecule has 3 amide bonds. The van der Waals surface area contributed by atoms with Gasteiger partial charge in [-0.2, -0.15) is 15.0 Å². The van der Waals surface area contributed by atoms with Crippen molar-refractivity contribution in [2.75, 3.05) is 20.6 Å². The quantitative estimate of drug-likeness (QED) is 0.396. The van der Waals surface area contributed by atoms with Crippen LogP contribution in [0.1, 0.15) is 75.0 Å². The molecule has 3 heterocycles. The van der Waals surface area contributed by atoms with E-state index >= 15 is 0 Å². The van der Waals surface area contributed by atoms with E-state index in [-0.39, 0.29) is 30.3 Å². The van der Waals surface area contributed by atoms with Crippen molar-refractivity contribution in [2.24, 2.45) is 5.92 Å². The summed E-state index contributed by atoms with van der Waals surface area (Å²) in [5, 5.41) is 18.4. The number of aromatic nitrogens is 2. The maximum atomic E-state index is 13.5. The number of piperidine rings is 1. The van der Waals surface area contributed by atoms with Gasteiger partial charge in [-0.25, -0.2) is 4.79 Å². The Morgan fingerprint density at radius 3 is 2.20 bits per heavy atom. The predicted octanol–water partition coefficient (Wildman–Crippen LogP) is 1.17. The minimum absolute atomic E-state index is 0.0553. The molecule has 4 atom stereocenters. The lowest BCUT2D eigenvalue weighted by atomic mass is 9.69. The Bertz CT molecular complexity index is 1770. The second-order valence-corrected chi connectivity index (χ2v) is 12.4. The molecule has 4 aliphatic rings. The zero-order valence-electron chi connectivity index (χ0n) is 24.8. The molecular weight excluding hydrogens is 562 g/mol. The van der Waals surface area contributed by atoms with E-state index in [2.05, 4.69) is 27.0 Å². The smallest absolute Gasteiger partial charge is 0.355 e. The Hall–Kier alpha value is -4.76. The molecule has 44 heavy (non-hydrogen) atoms. The summed E-state index contributed by atoms with van der Waals surface area (Å²) in [6.07, 6.45) is 3.14. The predicted molar refractivity (Wildman–Crippen MR) is 157 cm³/mol. The van der Waals surface area contributed by atoms with Crippen molar-refractivity contribution < 1.29 is 18.9 Å². The molecule has 226 valence electrons. The maximum absolute atomic E-state index is 13.5. The van der Waals surface area contributed by atoms with E-state index in [1.807, 2.05) is 31.2 Å². The summed E-state index contributed by atoms with van der Waals surface area (Å²) >= 11 is 0. The van der Waals surface area contributed by atoms with E-state index in [0.29, 0.717) is 48.6 Å². The normalized spacial score (nSPS) is 25.2. The number of rotatable bonds is 5. The third kappa shape index (κ3) is 4.02. The van der Waals surface area contributed by atoms with Gasteiger partial charge in [0.1, 0.15) is 11.7 Å². The number of nitrogens with zero attached hydrogens (tertiary/aromatic N) is 4. The Kier molecular flexibility index (Phi) is 6.30. The zero-order chi connectivity index (χ0) is 31.0. The molecule has 2 fully saturated rings. The third-order valence-electron chi connectivity index (χ3n) is 9.93. The minimum atomic E-state index is -1.05. The van der Waals surface area contributed by atoms with Crippen LogP contribution in [0.3, 0.4) is 0 Å². The molecule has 3 aromatic rings. The van der Waals surface area contributed by atoms with Crippen LogP contribution in [0.4, 0.5) is 0 Å². The highest BCUT2D eigenvalue weighted by Crippen LogP contribution is 2.54. The van der Waals surface area contributed by atoms with Crippen LogP contribution < -0.4 is 21.7 Å². The fourth-order valence-electron chi connectivity index (χ4n) is 7.82. The highest BCUT2D eigenvalue weighted by molar-refractivity contribution is 5.95. The average Bonchev–Trinajstić information content (AvgIpc) is 3.45.